The molecule has 14 heavy (non-hydrogen) atoms. The van der Waals surface area contributed by atoms with Gasteiger partial charge in [0, 0.05) is 6.54 Å². The van der Waals surface area contributed by atoms with E-state index in [4.69, 9.17) is 0 Å². The van der Waals surface area contributed by atoms with E-state index in [1.165, 1.54) is 11.4 Å². The molecule has 1 aliphatic carbocycles. The summed E-state index contributed by atoms with van der Waals surface area (Å²) in [6, 6.07) is 0. The van der Waals surface area contributed by atoms with Crippen molar-refractivity contribution in [2.45, 2.75) is 40.2 Å². The Morgan fingerprint density at radius 1 is 1.50 bits per heavy atom. The van der Waals surface area contributed by atoms with E-state index in [1.54, 1.807) is 0 Å². The number of hydrogen-bond donors (Lipinski definition) is 0. The van der Waals surface area contributed by atoms with Gasteiger partial charge in [-0.25, -0.2) is 4.98 Å². The first-order chi connectivity index (χ1) is 6.68. The Morgan fingerprint density at radius 3 is 3.00 bits per heavy atom. The lowest BCUT2D eigenvalue weighted by Gasteiger charge is -2.12. The molecule has 0 N–H and O–H groups in total. The summed E-state index contributed by atoms with van der Waals surface area (Å²) in [6.45, 7) is 7.68. The van der Waals surface area contributed by atoms with E-state index < -0.39 is 0 Å². The average Bonchev–Trinajstić information content (AvgIpc) is 2.43. The molecule has 76 valence electrons. The molecule has 1 aromatic heterocycles. The number of imidazole rings is 1. The quantitative estimate of drug-likeness (QED) is 0.701. The van der Waals surface area contributed by atoms with Crippen LogP contribution in [0.1, 0.15) is 37.5 Å². The minimum atomic E-state index is 0.683. The van der Waals surface area contributed by atoms with Crippen molar-refractivity contribution in [2.24, 2.45) is 5.92 Å². The molecule has 0 saturated heterocycles. The highest BCUT2D eigenvalue weighted by Crippen LogP contribution is 2.21. The fraction of sp³-hybridized carbons (Fsp3) is 0.583. The second kappa shape index (κ2) is 3.60. The van der Waals surface area contributed by atoms with Crippen molar-refractivity contribution in [2.75, 3.05) is 0 Å². The number of nitrogens with zero attached hydrogens (tertiary/aromatic N) is 2. The van der Waals surface area contributed by atoms with Crippen LogP contribution in [0.3, 0.4) is 0 Å². The molecule has 0 aliphatic heterocycles. The molecule has 2 rings (SSSR count). The first-order valence-corrected chi connectivity index (χ1v) is 5.41. The molecule has 0 spiro atoms. The van der Waals surface area contributed by atoms with Crippen LogP contribution in [-0.2, 0) is 13.0 Å². The van der Waals surface area contributed by atoms with Crippen LogP contribution in [0.4, 0.5) is 0 Å². The van der Waals surface area contributed by atoms with E-state index in [-0.39, 0.29) is 0 Å². The number of allylic oxidation sites excluding steroid dienone is 1. The SMILES string of the molecule is Cc1nc2c(n1CC(C)C)C=CCC2. The highest BCUT2D eigenvalue weighted by atomic mass is 15.1. The highest BCUT2D eigenvalue weighted by Gasteiger charge is 2.14. The Kier molecular flexibility index (Phi) is 2.44. The summed E-state index contributed by atoms with van der Waals surface area (Å²) in [6.07, 6.45) is 6.73. The van der Waals surface area contributed by atoms with Gasteiger partial charge in [-0.3, -0.25) is 0 Å². The van der Waals surface area contributed by atoms with Crippen molar-refractivity contribution in [3.8, 4) is 0 Å². The molecule has 0 radical (unpaired) electrons. The molecule has 0 unspecified atom stereocenters. The zero-order chi connectivity index (χ0) is 10.1. The number of aryl methyl sites for hydroxylation is 2. The summed E-state index contributed by atoms with van der Waals surface area (Å²) < 4.78 is 2.34. The van der Waals surface area contributed by atoms with Gasteiger partial charge >= 0.3 is 0 Å². The zero-order valence-corrected chi connectivity index (χ0v) is 9.25. The van der Waals surface area contributed by atoms with Gasteiger partial charge in [0.05, 0.1) is 11.4 Å². The smallest absolute Gasteiger partial charge is 0.106 e. The highest BCUT2D eigenvalue weighted by molar-refractivity contribution is 5.51. The fourth-order valence-corrected chi connectivity index (χ4v) is 2.02. The summed E-state index contributed by atoms with van der Waals surface area (Å²) in [7, 11) is 0. The Morgan fingerprint density at radius 2 is 2.29 bits per heavy atom. The van der Waals surface area contributed by atoms with Crippen molar-refractivity contribution >= 4 is 6.08 Å². The van der Waals surface area contributed by atoms with E-state index >= 15 is 0 Å². The van der Waals surface area contributed by atoms with Crippen LogP contribution < -0.4 is 0 Å². The Hall–Kier alpha value is -1.05. The normalized spacial score (nSPS) is 14.9. The van der Waals surface area contributed by atoms with Crippen LogP contribution in [0.15, 0.2) is 6.08 Å². The zero-order valence-electron chi connectivity index (χ0n) is 9.25. The van der Waals surface area contributed by atoms with Gasteiger partial charge in [0.25, 0.3) is 0 Å². The Labute approximate surface area is 85.7 Å². The van der Waals surface area contributed by atoms with E-state index in [2.05, 4.69) is 42.5 Å². The van der Waals surface area contributed by atoms with E-state index in [1.807, 2.05) is 0 Å². The van der Waals surface area contributed by atoms with Crippen molar-refractivity contribution < 1.29 is 0 Å². The molecule has 2 heteroatoms. The minimum absolute atomic E-state index is 0.683. The number of rotatable bonds is 2. The third-order valence-corrected chi connectivity index (χ3v) is 2.65. The predicted molar refractivity (Wildman–Crippen MR) is 59.2 cm³/mol. The first-order valence-electron chi connectivity index (χ1n) is 5.41. The number of hydrogen-bond acceptors (Lipinski definition) is 1. The second-order valence-corrected chi connectivity index (χ2v) is 4.44. The maximum atomic E-state index is 4.62. The van der Waals surface area contributed by atoms with Crippen molar-refractivity contribution in [3.05, 3.63) is 23.3 Å². The lowest BCUT2D eigenvalue weighted by Crippen LogP contribution is -2.08. The maximum Gasteiger partial charge on any atom is 0.106 e. The summed E-state index contributed by atoms with van der Waals surface area (Å²) in [5.41, 5.74) is 2.62. The van der Waals surface area contributed by atoms with Crippen LogP contribution in [0.5, 0.6) is 0 Å². The molecule has 0 amide bonds. The van der Waals surface area contributed by atoms with Gasteiger partial charge in [0.2, 0.25) is 0 Å². The average molecular weight is 190 g/mol. The summed E-state index contributed by atoms with van der Waals surface area (Å²) >= 11 is 0. The van der Waals surface area contributed by atoms with Crippen LogP contribution >= 0.6 is 0 Å². The molecular weight excluding hydrogens is 172 g/mol. The molecule has 0 bridgehead atoms. The van der Waals surface area contributed by atoms with Gasteiger partial charge < -0.3 is 4.57 Å². The van der Waals surface area contributed by atoms with Gasteiger partial charge in [-0.15, -0.1) is 0 Å². The van der Waals surface area contributed by atoms with Gasteiger partial charge in [0.1, 0.15) is 5.82 Å². The topological polar surface area (TPSA) is 17.8 Å². The molecule has 0 fully saturated rings. The molecule has 1 aliphatic rings. The minimum Gasteiger partial charge on any atom is -0.328 e. The third kappa shape index (κ3) is 1.61. The van der Waals surface area contributed by atoms with Gasteiger partial charge in [-0.2, -0.15) is 0 Å². The lowest BCUT2D eigenvalue weighted by molar-refractivity contribution is 0.511. The molecule has 2 nitrogen and oxygen atoms in total. The first kappa shape index (κ1) is 9.50. The monoisotopic (exact) mass is 190 g/mol. The van der Waals surface area contributed by atoms with E-state index in [9.17, 15) is 0 Å². The Bertz CT molecular complexity index is 359. The van der Waals surface area contributed by atoms with Crippen molar-refractivity contribution in [1.82, 2.24) is 9.55 Å². The standard InChI is InChI=1S/C12H18N2/c1-9(2)8-14-10(3)13-11-6-4-5-7-12(11)14/h5,7,9H,4,6,8H2,1-3H3. The van der Waals surface area contributed by atoms with Gasteiger partial charge in [-0.1, -0.05) is 19.9 Å². The molecule has 1 heterocycles. The van der Waals surface area contributed by atoms with Crippen molar-refractivity contribution in [1.29, 1.82) is 0 Å². The van der Waals surface area contributed by atoms with Crippen LogP contribution in [0.25, 0.3) is 6.08 Å². The fourth-order valence-electron chi connectivity index (χ4n) is 2.02. The van der Waals surface area contributed by atoms with E-state index in [0.29, 0.717) is 5.92 Å². The summed E-state index contributed by atoms with van der Waals surface area (Å²) in [4.78, 5) is 4.62. The van der Waals surface area contributed by atoms with Crippen LogP contribution in [0.2, 0.25) is 0 Å². The van der Waals surface area contributed by atoms with E-state index in [0.717, 1.165) is 25.2 Å². The largest absolute Gasteiger partial charge is 0.328 e. The predicted octanol–water partition coefficient (Wildman–Crippen LogP) is 2.81. The second-order valence-electron chi connectivity index (χ2n) is 4.44. The van der Waals surface area contributed by atoms with Gasteiger partial charge in [0.15, 0.2) is 0 Å². The van der Waals surface area contributed by atoms with Crippen LogP contribution in [-0.4, -0.2) is 9.55 Å². The molecule has 0 aromatic carbocycles. The summed E-state index contributed by atoms with van der Waals surface area (Å²) in [5, 5.41) is 0. The Balaban J connectivity index is 2.39. The van der Waals surface area contributed by atoms with Gasteiger partial charge in [-0.05, 0) is 31.8 Å². The molecular formula is C12H18N2. The van der Waals surface area contributed by atoms with Crippen molar-refractivity contribution in [3.63, 3.8) is 0 Å². The third-order valence-electron chi connectivity index (χ3n) is 2.65. The number of fused-ring (bicyclic) bond motifs is 1. The maximum absolute atomic E-state index is 4.62. The molecule has 1 aromatic rings. The van der Waals surface area contributed by atoms with Crippen LogP contribution in [0, 0.1) is 12.8 Å². The summed E-state index contributed by atoms with van der Waals surface area (Å²) in [5.74, 6) is 1.84. The molecule has 0 saturated carbocycles. The lowest BCUT2D eigenvalue weighted by atomic mass is 10.1. The molecule has 0 atom stereocenters. The number of aromatic nitrogens is 2.